The molecule has 0 atom stereocenters. The predicted molar refractivity (Wildman–Crippen MR) is 52.0 cm³/mol. The number of ether oxygens (including phenoxy) is 1. The smallest absolute Gasteiger partial charge is 0.137 e. The molecule has 0 unspecified atom stereocenters. The Bertz CT molecular complexity index is 496. The Hall–Kier alpha value is -2.02. The van der Waals surface area contributed by atoms with E-state index in [1.54, 1.807) is 19.5 Å². The average Bonchev–Trinajstić information content (AvgIpc) is 2.61. The number of aromatic nitrogens is 2. The molecule has 1 N–H and O–H groups in total. The van der Waals surface area contributed by atoms with E-state index in [0.29, 0.717) is 12.2 Å². The van der Waals surface area contributed by atoms with Gasteiger partial charge in [0, 0.05) is 11.6 Å². The van der Waals surface area contributed by atoms with Crippen molar-refractivity contribution in [2.75, 3.05) is 7.11 Å². The van der Waals surface area contributed by atoms with Crippen LogP contribution in [0, 0.1) is 11.3 Å². The lowest BCUT2D eigenvalue weighted by atomic mass is 10.2. The molecule has 0 aliphatic heterocycles. The first kappa shape index (κ1) is 8.57. The van der Waals surface area contributed by atoms with E-state index in [9.17, 15) is 0 Å². The third-order valence-electron chi connectivity index (χ3n) is 2.10. The van der Waals surface area contributed by atoms with Gasteiger partial charge in [-0.15, -0.1) is 0 Å². The van der Waals surface area contributed by atoms with Crippen molar-refractivity contribution < 1.29 is 4.74 Å². The zero-order valence-corrected chi connectivity index (χ0v) is 7.74. The summed E-state index contributed by atoms with van der Waals surface area (Å²) in [6.45, 7) is 0. The lowest BCUT2D eigenvalue weighted by Crippen LogP contribution is -1.85. The maximum atomic E-state index is 8.61. The highest BCUT2D eigenvalue weighted by Gasteiger charge is 2.05. The molecular formula is C10H9N3O. The van der Waals surface area contributed by atoms with Crippen LogP contribution in [-0.2, 0) is 6.42 Å². The zero-order chi connectivity index (χ0) is 9.97. The van der Waals surface area contributed by atoms with Crippen LogP contribution in [0.2, 0.25) is 0 Å². The number of hydrogen-bond donors (Lipinski definition) is 1. The molecule has 0 aromatic carbocycles. The van der Waals surface area contributed by atoms with E-state index in [1.165, 1.54) is 0 Å². The van der Waals surface area contributed by atoms with E-state index in [0.717, 1.165) is 16.6 Å². The molecule has 70 valence electrons. The first-order valence-electron chi connectivity index (χ1n) is 4.22. The van der Waals surface area contributed by atoms with Crippen molar-refractivity contribution in [1.82, 2.24) is 9.97 Å². The van der Waals surface area contributed by atoms with E-state index in [1.807, 2.05) is 6.07 Å². The van der Waals surface area contributed by atoms with Gasteiger partial charge in [0.05, 0.1) is 25.8 Å². The fraction of sp³-hybridized carbons (Fsp3) is 0.200. The van der Waals surface area contributed by atoms with Crippen LogP contribution in [0.15, 0.2) is 18.5 Å². The first-order valence-corrected chi connectivity index (χ1v) is 4.22. The molecule has 14 heavy (non-hydrogen) atoms. The molecule has 0 amide bonds. The number of H-pyrrole nitrogens is 1. The second-order valence-corrected chi connectivity index (χ2v) is 2.92. The third-order valence-corrected chi connectivity index (χ3v) is 2.10. The maximum Gasteiger partial charge on any atom is 0.137 e. The van der Waals surface area contributed by atoms with Crippen LogP contribution >= 0.6 is 0 Å². The van der Waals surface area contributed by atoms with E-state index in [4.69, 9.17) is 10.00 Å². The fourth-order valence-corrected chi connectivity index (χ4v) is 1.38. The normalized spacial score (nSPS) is 10.0. The van der Waals surface area contributed by atoms with E-state index in [2.05, 4.69) is 16.0 Å². The highest BCUT2D eigenvalue weighted by atomic mass is 16.5. The number of hydrogen-bond acceptors (Lipinski definition) is 3. The number of nitriles is 1. The van der Waals surface area contributed by atoms with Crippen LogP contribution in [0.4, 0.5) is 0 Å². The van der Waals surface area contributed by atoms with Crippen LogP contribution < -0.4 is 4.74 Å². The molecule has 2 aromatic heterocycles. The Kier molecular flexibility index (Phi) is 2.07. The van der Waals surface area contributed by atoms with Gasteiger partial charge in [0.2, 0.25) is 0 Å². The summed E-state index contributed by atoms with van der Waals surface area (Å²) in [4.78, 5) is 7.17. The van der Waals surface area contributed by atoms with Crippen molar-refractivity contribution in [3.05, 3.63) is 24.0 Å². The summed E-state index contributed by atoms with van der Waals surface area (Å²) >= 11 is 0. The summed E-state index contributed by atoms with van der Waals surface area (Å²) in [6, 6.07) is 3.99. The quantitative estimate of drug-likeness (QED) is 0.777. The number of nitrogens with zero attached hydrogens (tertiary/aromatic N) is 2. The van der Waals surface area contributed by atoms with Gasteiger partial charge in [0.15, 0.2) is 0 Å². The topological polar surface area (TPSA) is 61.7 Å². The molecule has 0 fully saturated rings. The Labute approximate surface area is 81.1 Å². The third kappa shape index (κ3) is 1.29. The van der Waals surface area contributed by atoms with E-state index in [-0.39, 0.29) is 0 Å². The minimum absolute atomic E-state index is 0.384. The molecule has 0 aliphatic rings. The molecule has 0 saturated heterocycles. The molecule has 0 saturated carbocycles. The number of nitrogens with one attached hydrogen (secondary N) is 1. The molecule has 4 heteroatoms. The molecule has 2 heterocycles. The molecule has 0 aliphatic carbocycles. The molecule has 2 rings (SSSR count). The number of methoxy groups -OCH3 is 1. The van der Waals surface area contributed by atoms with Crippen LogP contribution in [0.5, 0.6) is 5.75 Å². The van der Waals surface area contributed by atoms with Gasteiger partial charge in [-0.3, -0.25) is 0 Å². The van der Waals surface area contributed by atoms with Crippen molar-refractivity contribution in [3.63, 3.8) is 0 Å². The SMILES string of the molecule is COc1cnc2[nH]cc(CC#N)c2c1. The van der Waals surface area contributed by atoms with Crippen molar-refractivity contribution in [2.45, 2.75) is 6.42 Å². The summed E-state index contributed by atoms with van der Waals surface area (Å²) in [6.07, 6.45) is 3.84. The minimum atomic E-state index is 0.384. The second kappa shape index (κ2) is 3.38. The maximum absolute atomic E-state index is 8.61. The van der Waals surface area contributed by atoms with Crippen LogP contribution in [0.3, 0.4) is 0 Å². The van der Waals surface area contributed by atoms with Crippen molar-refractivity contribution in [1.29, 1.82) is 5.26 Å². The van der Waals surface area contributed by atoms with Gasteiger partial charge in [-0.1, -0.05) is 0 Å². The molecular weight excluding hydrogens is 178 g/mol. The van der Waals surface area contributed by atoms with Crippen molar-refractivity contribution in [3.8, 4) is 11.8 Å². The average molecular weight is 187 g/mol. The largest absolute Gasteiger partial charge is 0.495 e. The number of pyridine rings is 1. The van der Waals surface area contributed by atoms with Crippen LogP contribution in [0.1, 0.15) is 5.56 Å². The lowest BCUT2D eigenvalue weighted by Gasteiger charge is -1.98. The molecule has 0 spiro atoms. The lowest BCUT2D eigenvalue weighted by molar-refractivity contribution is 0.413. The molecule has 4 nitrogen and oxygen atoms in total. The van der Waals surface area contributed by atoms with Gasteiger partial charge in [-0.2, -0.15) is 5.26 Å². The van der Waals surface area contributed by atoms with Gasteiger partial charge in [0.1, 0.15) is 11.4 Å². The molecule has 0 radical (unpaired) electrons. The number of aromatic amines is 1. The molecule has 2 aromatic rings. The highest BCUT2D eigenvalue weighted by molar-refractivity contribution is 5.81. The zero-order valence-electron chi connectivity index (χ0n) is 7.74. The number of fused-ring (bicyclic) bond motifs is 1. The highest BCUT2D eigenvalue weighted by Crippen LogP contribution is 2.21. The van der Waals surface area contributed by atoms with Gasteiger partial charge in [-0.05, 0) is 11.6 Å². The van der Waals surface area contributed by atoms with Gasteiger partial charge < -0.3 is 9.72 Å². The van der Waals surface area contributed by atoms with E-state index < -0.39 is 0 Å². The summed E-state index contributed by atoms with van der Waals surface area (Å²) in [7, 11) is 1.60. The predicted octanol–water partition coefficient (Wildman–Crippen LogP) is 1.64. The van der Waals surface area contributed by atoms with Gasteiger partial charge >= 0.3 is 0 Å². The Morgan fingerprint density at radius 3 is 3.21 bits per heavy atom. The summed E-state index contributed by atoms with van der Waals surface area (Å²) in [5.74, 6) is 0.705. The van der Waals surface area contributed by atoms with Crippen molar-refractivity contribution >= 4 is 11.0 Å². The van der Waals surface area contributed by atoms with Gasteiger partial charge in [-0.25, -0.2) is 4.98 Å². The Morgan fingerprint density at radius 1 is 1.64 bits per heavy atom. The fourth-order valence-electron chi connectivity index (χ4n) is 1.38. The number of rotatable bonds is 2. The summed E-state index contributed by atoms with van der Waals surface area (Å²) < 4.78 is 5.07. The van der Waals surface area contributed by atoms with Crippen LogP contribution in [-0.4, -0.2) is 17.1 Å². The minimum Gasteiger partial charge on any atom is -0.495 e. The standard InChI is InChI=1S/C10H9N3O/c1-14-8-4-9-7(2-3-11)5-12-10(9)13-6-8/h4-6H,2H2,1H3,(H,12,13). The van der Waals surface area contributed by atoms with Crippen LogP contribution in [0.25, 0.3) is 11.0 Å². The first-order chi connectivity index (χ1) is 6.85. The van der Waals surface area contributed by atoms with Crippen molar-refractivity contribution in [2.24, 2.45) is 0 Å². The Morgan fingerprint density at radius 2 is 2.50 bits per heavy atom. The molecule has 0 bridgehead atoms. The van der Waals surface area contributed by atoms with E-state index >= 15 is 0 Å². The van der Waals surface area contributed by atoms with Gasteiger partial charge in [0.25, 0.3) is 0 Å². The summed E-state index contributed by atoms with van der Waals surface area (Å²) in [5.41, 5.74) is 1.74. The monoisotopic (exact) mass is 187 g/mol. The second-order valence-electron chi connectivity index (χ2n) is 2.92. The Balaban J connectivity index is 2.59. The summed E-state index contributed by atoms with van der Waals surface area (Å²) in [5, 5.41) is 9.56.